The summed E-state index contributed by atoms with van der Waals surface area (Å²) in [6.07, 6.45) is 10.2. The van der Waals surface area contributed by atoms with Gasteiger partial charge in [-0.2, -0.15) is 0 Å². The lowest BCUT2D eigenvalue weighted by Crippen LogP contribution is -2.13. The van der Waals surface area contributed by atoms with Gasteiger partial charge in [0, 0.05) is 23.5 Å². The molecule has 0 saturated carbocycles. The van der Waals surface area contributed by atoms with Crippen molar-refractivity contribution in [1.29, 1.82) is 0 Å². The zero-order valence-electron chi connectivity index (χ0n) is 16.3. The second kappa shape index (κ2) is 7.28. The molecule has 0 fully saturated rings. The van der Waals surface area contributed by atoms with Gasteiger partial charge in [-0.15, -0.1) is 11.3 Å². The highest BCUT2D eigenvalue weighted by atomic mass is 32.1. The fourth-order valence-corrected chi connectivity index (χ4v) is 5.38. The average Bonchev–Trinajstić information content (AvgIpc) is 3.01. The fraction of sp³-hybridized carbons (Fsp3) is 0.524. The quantitative estimate of drug-likeness (QED) is 0.651. The minimum Gasteiger partial charge on any atom is -0.313 e. The number of hydrogen-bond acceptors (Lipinski definition) is 5. The Hall–Kier alpha value is -2.28. The third-order valence-electron chi connectivity index (χ3n) is 5.75. The first-order chi connectivity index (χ1) is 13.7. The van der Waals surface area contributed by atoms with Crippen LogP contribution in [-0.4, -0.2) is 25.4 Å². The maximum Gasteiger partial charge on any atom is 0.259 e. The Balaban J connectivity index is 1.49. The van der Waals surface area contributed by atoms with Crippen LogP contribution in [0.15, 0.2) is 6.07 Å². The molecule has 6 nitrogen and oxygen atoms in total. The second-order valence-electron chi connectivity index (χ2n) is 7.88. The molecule has 7 heteroatoms. The SMILES string of the molecule is Cc1cc(C(=O)Nc2nc3c(s2)CCCCC3)c2nc3n(c2n1)CCCCC3. The molecule has 146 valence electrons. The normalized spacial score (nSPS) is 16.9. The van der Waals surface area contributed by atoms with E-state index < -0.39 is 0 Å². The number of rotatable bonds is 2. The van der Waals surface area contributed by atoms with Crippen molar-refractivity contribution in [2.45, 2.75) is 71.3 Å². The van der Waals surface area contributed by atoms with E-state index in [1.807, 2.05) is 13.0 Å². The third-order valence-corrected chi connectivity index (χ3v) is 6.83. The summed E-state index contributed by atoms with van der Waals surface area (Å²) in [4.78, 5) is 28.7. The second-order valence-corrected chi connectivity index (χ2v) is 8.96. The summed E-state index contributed by atoms with van der Waals surface area (Å²) < 4.78 is 2.21. The van der Waals surface area contributed by atoms with Crippen molar-refractivity contribution >= 4 is 33.5 Å². The summed E-state index contributed by atoms with van der Waals surface area (Å²) in [5, 5.41) is 3.75. The summed E-state index contributed by atoms with van der Waals surface area (Å²) >= 11 is 1.63. The van der Waals surface area contributed by atoms with Crippen LogP contribution in [0.3, 0.4) is 0 Å². The van der Waals surface area contributed by atoms with E-state index in [0.717, 1.165) is 61.3 Å². The van der Waals surface area contributed by atoms with Crippen LogP contribution >= 0.6 is 11.3 Å². The molecule has 4 heterocycles. The number of thiazole rings is 1. The van der Waals surface area contributed by atoms with Crippen molar-refractivity contribution in [2.75, 3.05) is 5.32 Å². The number of carbonyl (C=O) groups is 1. The van der Waals surface area contributed by atoms with Crippen LogP contribution in [0.4, 0.5) is 5.13 Å². The molecule has 1 N–H and O–H groups in total. The number of carbonyl (C=O) groups excluding carboxylic acids is 1. The molecule has 1 aliphatic carbocycles. The molecule has 2 aliphatic rings. The third kappa shape index (κ3) is 3.21. The number of aryl methyl sites for hydroxylation is 5. The van der Waals surface area contributed by atoms with Gasteiger partial charge in [0.1, 0.15) is 11.3 Å². The maximum atomic E-state index is 13.1. The number of aromatic nitrogens is 4. The summed E-state index contributed by atoms with van der Waals surface area (Å²) in [5.41, 5.74) is 4.19. The van der Waals surface area contributed by atoms with Gasteiger partial charge in [0.15, 0.2) is 10.8 Å². The Kier molecular flexibility index (Phi) is 4.62. The predicted octanol–water partition coefficient (Wildman–Crippen LogP) is 4.44. The van der Waals surface area contributed by atoms with Gasteiger partial charge in [0.25, 0.3) is 5.91 Å². The van der Waals surface area contributed by atoms with Gasteiger partial charge in [-0.1, -0.05) is 12.8 Å². The topological polar surface area (TPSA) is 72.7 Å². The largest absolute Gasteiger partial charge is 0.313 e. The lowest BCUT2D eigenvalue weighted by Gasteiger charge is -2.06. The minimum atomic E-state index is -0.132. The standard InChI is InChI=1S/C21H25N5OS/c1-13-12-14(18-19(22-13)26-11-7-3-6-10-17(26)24-18)20(27)25-21-23-15-8-4-2-5-9-16(15)28-21/h12H,2-11H2,1H3,(H,23,25,27). The molecule has 0 saturated heterocycles. The van der Waals surface area contributed by atoms with Crippen molar-refractivity contribution < 1.29 is 4.79 Å². The van der Waals surface area contributed by atoms with Crippen molar-refractivity contribution in [3.05, 3.63) is 33.7 Å². The molecule has 1 amide bonds. The first kappa shape index (κ1) is 17.8. The van der Waals surface area contributed by atoms with Crippen LogP contribution < -0.4 is 5.32 Å². The lowest BCUT2D eigenvalue weighted by atomic mass is 10.2. The van der Waals surface area contributed by atoms with Crippen molar-refractivity contribution in [3.8, 4) is 0 Å². The first-order valence-corrected chi connectivity index (χ1v) is 11.2. The van der Waals surface area contributed by atoms with Crippen LogP contribution in [0.2, 0.25) is 0 Å². The summed E-state index contributed by atoms with van der Waals surface area (Å²) in [7, 11) is 0. The lowest BCUT2D eigenvalue weighted by molar-refractivity contribution is 0.102. The van der Waals surface area contributed by atoms with Gasteiger partial charge in [-0.05, 0) is 51.5 Å². The van der Waals surface area contributed by atoms with Crippen molar-refractivity contribution in [2.24, 2.45) is 0 Å². The molecular weight excluding hydrogens is 370 g/mol. The van der Waals surface area contributed by atoms with Gasteiger partial charge >= 0.3 is 0 Å². The van der Waals surface area contributed by atoms with Crippen LogP contribution in [0.5, 0.6) is 0 Å². The monoisotopic (exact) mass is 395 g/mol. The van der Waals surface area contributed by atoms with Gasteiger partial charge in [0.05, 0.1) is 11.3 Å². The molecule has 0 unspecified atom stereocenters. The van der Waals surface area contributed by atoms with E-state index in [1.54, 1.807) is 11.3 Å². The molecule has 0 spiro atoms. The molecule has 28 heavy (non-hydrogen) atoms. The highest BCUT2D eigenvalue weighted by Gasteiger charge is 2.22. The van der Waals surface area contributed by atoms with Crippen LogP contribution in [0, 0.1) is 6.92 Å². The van der Waals surface area contributed by atoms with Gasteiger partial charge in [-0.25, -0.2) is 15.0 Å². The molecule has 0 bridgehead atoms. The number of anilines is 1. The van der Waals surface area contributed by atoms with E-state index in [0.29, 0.717) is 10.7 Å². The number of imidazole rings is 1. The predicted molar refractivity (Wildman–Crippen MR) is 111 cm³/mol. The average molecular weight is 396 g/mol. The number of hydrogen-bond donors (Lipinski definition) is 1. The Morgan fingerprint density at radius 1 is 1.04 bits per heavy atom. The Labute approximate surface area is 168 Å². The molecular formula is C21H25N5OS. The van der Waals surface area contributed by atoms with E-state index >= 15 is 0 Å². The highest BCUT2D eigenvalue weighted by molar-refractivity contribution is 7.15. The molecule has 0 radical (unpaired) electrons. The van der Waals surface area contributed by atoms with Gasteiger partial charge in [0.2, 0.25) is 0 Å². The van der Waals surface area contributed by atoms with Crippen molar-refractivity contribution in [3.63, 3.8) is 0 Å². The zero-order chi connectivity index (χ0) is 19.1. The smallest absolute Gasteiger partial charge is 0.259 e. The molecule has 5 rings (SSSR count). The number of amides is 1. The van der Waals surface area contributed by atoms with Crippen LogP contribution in [0.1, 0.15) is 71.0 Å². The fourth-order valence-electron chi connectivity index (χ4n) is 4.34. The molecule has 1 aliphatic heterocycles. The van der Waals surface area contributed by atoms with Gasteiger partial charge < -0.3 is 4.57 Å². The van der Waals surface area contributed by atoms with Gasteiger partial charge in [-0.3, -0.25) is 10.1 Å². The Bertz CT molecular complexity index is 1030. The number of nitrogens with zero attached hydrogens (tertiary/aromatic N) is 4. The Morgan fingerprint density at radius 3 is 2.79 bits per heavy atom. The van der Waals surface area contributed by atoms with E-state index in [1.165, 1.54) is 36.3 Å². The number of nitrogens with one attached hydrogen (secondary N) is 1. The number of pyridine rings is 1. The van der Waals surface area contributed by atoms with E-state index in [9.17, 15) is 4.79 Å². The molecule has 3 aromatic heterocycles. The van der Waals surface area contributed by atoms with Crippen LogP contribution in [0.25, 0.3) is 11.2 Å². The summed E-state index contributed by atoms with van der Waals surface area (Å²) in [5.74, 6) is 0.924. The maximum absolute atomic E-state index is 13.1. The highest BCUT2D eigenvalue weighted by Crippen LogP contribution is 2.30. The van der Waals surface area contributed by atoms with Crippen LogP contribution in [-0.2, 0) is 25.8 Å². The van der Waals surface area contributed by atoms with Crippen molar-refractivity contribution in [1.82, 2.24) is 19.5 Å². The zero-order valence-corrected chi connectivity index (χ0v) is 17.1. The molecule has 0 atom stereocenters. The Morgan fingerprint density at radius 2 is 1.86 bits per heavy atom. The molecule has 0 aromatic carbocycles. The summed E-state index contributed by atoms with van der Waals surface area (Å²) in [6, 6.07) is 1.85. The molecule has 3 aromatic rings. The van der Waals surface area contributed by atoms with E-state index in [4.69, 9.17) is 15.0 Å². The number of fused-ring (bicyclic) bond motifs is 4. The first-order valence-electron chi connectivity index (χ1n) is 10.4. The van der Waals surface area contributed by atoms with E-state index in [2.05, 4.69) is 9.88 Å². The summed E-state index contributed by atoms with van der Waals surface area (Å²) in [6.45, 7) is 2.88. The van der Waals surface area contributed by atoms with E-state index in [-0.39, 0.29) is 5.91 Å². The minimum absolute atomic E-state index is 0.132.